The van der Waals surface area contributed by atoms with E-state index in [0.29, 0.717) is 37.2 Å². The second-order valence-corrected chi connectivity index (χ2v) is 11.0. The molecule has 0 aromatic heterocycles. The van der Waals surface area contributed by atoms with Crippen molar-refractivity contribution >= 4 is 24.6 Å². The molecule has 0 unspecified atom stereocenters. The van der Waals surface area contributed by atoms with Gasteiger partial charge >= 0.3 is 13.2 Å². The summed E-state index contributed by atoms with van der Waals surface area (Å²) >= 11 is 0. The summed E-state index contributed by atoms with van der Waals surface area (Å²) in [6.07, 6.45) is 2.01. The number of nitrogens with one attached hydrogen (secondary N) is 1. The summed E-state index contributed by atoms with van der Waals surface area (Å²) in [5.74, 6) is -0.107. The molecule has 2 fully saturated rings. The number of carbonyl (C=O) groups excluding carboxylic acids is 2. The van der Waals surface area contributed by atoms with Crippen LogP contribution >= 0.6 is 0 Å². The number of ether oxygens (including phenoxy) is 1. The van der Waals surface area contributed by atoms with Crippen molar-refractivity contribution < 1.29 is 23.6 Å². The van der Waals surface area contributed by atoms with Crippen LogP contribution in [0.15, 0.2) is 42.5 Å². The zero-order valence-corrected chi connectivity index (χ0v) is 22.9. The topological polar surface area (TPSA) is 101 Å². The minimum absolute atomic E-state index is 0.107. The van der Waals surface area contributed by atoms with Crippen molar-refractivity contribution in [2.45, 2.75) is 71.1 Å². The van der Waals surface area contributed by atoms with Crippen LogP contribution in [-0.4, -0.2) is 61.0 Å². The van der Waals surface area contributed by atoms with Gasteiger partial charge in [-0.05, 0) is 81.4 Å². The van der Waals surface area contributed by atoms with E-state index in [1.807, 2.05) is 58.9 Å². The SMILES string of the molecule is CCCCOC(=O)N[C@H]1CCN(C(=O)c2ccc(B3OC(C)(C)C(C)(C)O3)c(-c3ccc(C#N)cc3)c2)C1. The van der Waals surface area contributed by atoms with Gasteiger partial charge in [0.2, 0.25) is 0 Å². The van der Waals surface area contributed by atoms with Gasteiger partial charge in [0, 0.05) is 18.7 Å². The Labute approximate surface area is 225 Å². The van der Waals surface area contributed by atoms with E-state index in [1.165, 1.54) is 0 Å². The van der Waals surface area contributed by atoms with E-state index in [1.54, 1.807) is 23.1 Å². The molecule has 2 aromatic carbocycles. The molecule has 2 aromatic rings. The Kier molecular flexibility index (Phi) is 8.15. The van der Waals surface area contributed by atoms with Crippen molar-refractivity contribution in [3.63, 3.8) is 0 Å². The summed E-state index contributed by atoms with van der Waals surface area (Å²) < 4.78 is 17.8. The number of unbranched alkanes of at least 4 members (excludes halogenated alkanes) is 1. The third-order valence-corrected chi connectivity index (χ3v) is 7.66. The first-order valence-electron chi connectivity index (χ1n) is 13.3. The molecule has 0 aliphatic carbocycles. The normalized spacial score (nSPS) is 19.7. The summed E-state index contributed by atoms with van der Waals surface area (Å²) in [5.41, 5.74) is 2.57. The number of likely N-dealkylation sites (tertiary alicyclic amines) is 1. The maximum absolute atomic E-state index is 13.5. The van der Waals surface area contributed by atoms with Gasteiger partial charge in [0.15, 0.2) is 0 Å². The molecule has 8 nitrogen and oxygen atoms in total. The quantitative estimate of drug-likeness (QED) is 0.435. The molecule has 38 heavy (non-hydrogen) atoms. The third kappa shape index (κ3) is 5.87. The number of nitrogens with zero attached hydrogens (tertiary/aromatic N) is 2. The Morgan fingerprint density at radius 1 is 1.13 bits per heavy atom. The number of carbonyl (C=O) groups is 2. The molecule has 2 heterocycles. The average molecular weight is 517 g/mol. The van der Waals surface area contributed by atoms with Gasteiger partial charge in [0.25, 0.3) is 5.91 Å². The second kappa shape index (κ2) is 11.2. The first kappa shape index (κ1) is 27.7. The van der Waals surface area contributed by atoms with E-state index >= 15 is 0 Å². The van der Waals surface area contributed by atoms with Crippen molar-refractivity contribution in [3.05, 3.63) is 53.6 Å². The Morgan fingerprint density at radius 2 is 1.82 bits per heavy atom. The minimum Gasteiger partial charge on any atom is -0.450 e. The lowest BCUT2D eigenvalue weighted by Gasteiger charge is -2.32. The molecule has 0 bridgehead atoms. The summed E-state index contributed by atoms with van der Waals surface area (Å²) in [4.78, 5) is 27.3. The minimum atomic E-state index is -0.603. The van der Waals surface area contributed by atoms with Crippen LogP contribution < -0.4 is 10.8 Å². The highest BCUT2D eigenvalue weighted by Gasteiger charge is 2.52. The zero-order valence-electron chi connectivity index (χ0n) is 22.9. The maximum atomic E-state index is 13.5. The van der Waals surface area contributed by atoms with Gasteiger partial charge in [0.05, 0.1) is 35.5 Å². The van der Waals surface area contributed by atoms with E-state index in [9.17, 15) is 14.9 Å². The number of alkyl carbamates (subject to hydrolysis) is 1. The Balaban J connectivity index is 1.56. The van der Waals surface area contributed by atoms with Crippen molar-refractivity contribution in [1.29, 1.82) is 5.26 Å². The Morgan fingerprint density at radius 3 is 2.45 bits per heavy atom. The zero-order chi connectivity index (χ0) is 27.5. The summed E-state index contributed by atoms with van der Waals surface area (Å²) in [7, 11) is -0.603. The van der Waals surface area contributed by atoms with E-state index in [2.05, 4.69) is 11.4 Å². The van der Waals surface area contributed by atoms with Crippen molar-refractivity contribution in [1.82, 2.24) is 10.2 Å². The first-order valence-corrected chi connectivity index (χ1v) is 13.3. The third-order valence-electron chi connectivity index (χ3n) is 7.66. The van der Waals surface area contributed by atoms with Crippen molar-refractivity contribution in [3.8, 4) is 17.2 Å². The van der Waals surface area contributed by atoms with Gasteiger partial charge < -0.3 is 24.3 Å². The highest BCUT2D eigenvalue weighted by molar-refractivity contribution is 6.64. The highest BCUT2D eigenvalue weighted by Crippen LogP contribution is 2.37. The smallest absolute Gasteiger partial charge is 0.450 e. The van der Waals surface area contributed by atoms with Crippen LogP contribution in [0, 0.1) is 11.3 Å². The number of amides is 2. The Hall–Kier alpha value is -3.35. The van der Waals surface area contributed by atoms with E-state index in [4.69, 9.17) is 14.0 Å². The van der Waals surface area contributed by atoms with E-state index < -0.39 is 24.4 Å². The van der Waals surface area contributed by atoms with Crippen LogP contribution in [0.2, 0.25) is 0 Å². The molecule has 1 atom stereocenters. The lowest BCUT2D eigenvalue weighted by molar-refractivity contribution is 0.00578. The number of nitriles is 1. The van der Waals surface area contributed by atoms with Crippen LogP contribution in [0.4, 0.5) is 4.79 Å². The number of benzene rings is 2. The highest BCUT2D eigenvalue weighted by atomic mass is 16.7. The van der Waals surface area contributed by atoms with Crippen molar-refractivity contribution in [2.75, 3.05) is 19.7 Å². The number of rotatable bonds is 7. The molecule has 4 rings (SSSR count). The number of hydrogen-bond acceptors (Lipinski definition) is 6. The first-order chi connectivity index (χ1) is 18.0. The molecule has 0 radical (unpaired) electrons. The monoisotopic (exact) mass is 517 g/mol. The van der Waals surface area contributed by atoms with Crippen LogP contribution in [0.1, 0.15) is 69.8 Å². The summed E-state index contributed by atoms with van der Waals surface area (Å²) in [5, 5.41) is 12.1. The second-order valence-electron chi connectivity index (χ2n) is 11.0. The molecule has 2 aliphatic heterocycles. The average Bonchev–Trinajstić information content (AvgIpc) is 3.44. The van der Waals surface area contributed by atoms with E-state index in [-0.39, 0.29) is 11.9 Å². The predicted molar refractivity (Wildman–Crippen MR) is 146 cm³/mol. The summed E-state index contributed by atoms with van der Waals surface area (Å²) in [6.45, 7) is 11.4. The van der Waals surface area contributed by atoms with E-state index in [0.717, 1.165) is 29.4 Å². The molecular formula is C29H36BN3O5. The van der Waals surface area contributed by atoms with Gasteiger partial charge in [-0.1, -0.05) is 31.5 Å². The van der Waals surface area contributed by atoms with Crippen LogP contribution in [0.3, 0.4) is 0 Å². The van der Waals surface area contributed by atoms with Crippen LogP contribution in [-0.2, 0) is 14.0 Å². The molecule has 2 saturated heterocycles. The van der Waals surface area contributed by atoms with Gasteiger partial charge in [-0.2, -0.15) is 5.26 Å². The molecule has 1 N–H and O–H groups in total. The lowest BCUT2D eigenvalue weighted by atomic mass is 9.74. The predicted octanol–water partition coefficient (Wildman–Crippen LogP) is 4.27. The van der Waals surface area contributed by atoms with Crippen LogP contribution in [0.25, 0.3) is 11.1 Å². The maximum Gasteiger partial charge on any atom is 0.495 e. The molecule has 0 saturated carbocycles. The standard InChI is InChI=1S/C29H36BN3O5/c1-6-7-16-36-27(35)32-23-14-15-33(19-23)26(34)22-12-13-25(30-37-28(2,3)29(4,5)38-30)24(17-22)21-10-8-20(18-31)9-11-21/h8-13,17,23H,6-7,14-16,19H2,1-5H3,(H,32,35)/t23-/m0/s1. The fourth-order valence-corrected chi connectivity index (χ4v) is 4.60. The molecule has 9 heteroatoms. The molecule has 2 aliphatic rings. The molecular weight excluding hydrogens is 481 g/mol. The largest absolute Gasteiger partial charge is 0.495 e. The van der Waals surface area contributed by atoms with Gasteiger partial charge in [0.1, 0.15) is 0 Å². The van der Waals surface area contributed by atoms with Gasteiger partial charge in [-0.25, -0.2) is 4.79 Å². The summed E-state index contributed by atoms with van der Waals surface area (Å²) in [6, 6.07) is 14.8. The molecule has 200 valence electrons. The van der Waals surface area contributed by atoms with Crippen molar-refractivity contribution in [2.24, 2.45) is 0 Å². The molecule has 0 spiro atoms. The van der Waals surface area contributed by atoms with Crippen LogP contribution in [0.5, 0.6) is 0 Å². The molecule has 2 amide bonds. The lowest BCUT2D eigenvalue weighted by Crippen LogP contribution is -2.41. The van der Waals surface area contributed by atoms with Gasteiger partial charge in [-0.15, -0.1) is 0 Å². The fraction of sp³-hybridized carbons (Fsp3) is 0.483. The fourth-order valence-electron chi connectivity index (χ4n) is 4.60. The number of hydrogen-bond donors (Lipinski definition) is 1. The van der Waals surface area contributed by atoms with Gasteiger partial charge in [-0.3, -0.25) is 4.79 Å². The Bertz CT molecular complexity index is 1210.